The Kier molecular flexibility index (Phi) is 3.32. The number of ketones is 1. The molecule has 0 radical (unpaired) electrons. The number of hydrogen-bond acceptors (Lipinski definition) is 3. The van der Waals surface area contributed by atoms with Crippen LogP contribution >= 0.6 is 11.6 Å². The van der Waals surface area contributed by atoms with Crippen LogP contribution < -0.4 is 0 Å². The number of nitrogens with zero attached hydrogens (tertiary/aromatic N) is 2. The van der Waals surface area contributed by atoms with E-state index in [1.54, 1.807) is 12.1 Å². The lowest BCUT2D eigenvalue weighted by Gasteiger charge is -2.04. The van der Waals surface area contributed by atoms with Crippen LogP contribution in [0.15, 0.2) is 40.8 Å². The van der Waals surface area contributed by atoms with E-state index in [1.165, 1.54) is 0 Å². The largest absolute Gasteiger partial charge is 0.442 e. The Balaban J connectivity index is 1.96. The van der Waals surface area contributed by atoms with Crippen LogP contribution in [0.5, 0.6) is 0 Å². The first-order chi connectivity index (χ1) is 9.69. The molecule has 5 heteroatoms. The number of aryl methyl sites for hydroxylation is 1. The highest BCUT2D eigenvalue weighted by atomic mass is 35.5. The molecular weight excluding hydrogens is 276 g/mol. The number of imidazole rings is 1. The average molecular weight is 289 g/mol. The minimum Gasteiger partial charge on any atom is -0.442 e. The summed E-state index contributed by atoms with van der Waals surface area (Å²) in [5.41, 5.74) is 1.94. The van der Waals surface area contributed by atoms with Gasteiger partial charge in [-0.2, -0.15) is 0 Å². The van der Waals surface area contributed by atoms with Gasteiger partial charge >= 0.3 is 0 Å². The van der Waals surface area contributed by atoms with Gasteiger partial charge in [0.25, 0.3) is 0 Å². The standard InChI is InChI=1S/C15H13ClN2O2/c1-2-18-11-6-4-3-5-10(11)17-15(18)9-12(19)13-7-8-14(16)20-13/h3-8H,2,9H2,1H3. The number of rotatable bonds is 4. The predicted octanol–water partition coefficient (Wildman–Crippen LogP) is 3.73. The van der Waals surface area contributed by atoms with E-state index in [0.29, 0.717) is 0 Å². The second-order valence-corrected chi connectivity index (χ2v) is 4.84. The van der Waals surface area contributed by atoms with Crippen molar-refractivity contribution in [1.29, 1.82) is 0 Å². The molecule has 1 aromatic carbocycles. The molecule has 0 spiro atoms. The number of carbonyl (C=O) groups excluding carboxylic acids is 1. The van der Waals surface area contributed by atoms with E-state index in [4.69, 9.17) is 16.0 Å². The van der Waals surface area contributed by atoms with Crippen molar-refractivity contribution < 1.29 is 9.21 Å². The number of aromatic nitrogens is 2. The van der Waals surface area contributed by atoms with Crippen LogP contribution in [0, 0.1) is 0 Å². The highest BCUT2D eigenvalue weighted by Crippen LogP contribution is 2.19. The van der Waals surface area contributed by atoms with Gasteiger partial charge in [0, 0.05) is 6.54 Å². The first-order valence-electron chi connectivity index (χ1n) is 6.41. The van der Waals surface area contributed by atoms with Crippen LogP contribution in [0.3, 0.4) is 0 Å². The number of furan rings is 1. The Morgan fingerprint density at radius 2 is 2.10 bits per heavy atom. The molecule has 0 aliphatic carbocycles. The van der Waals surface area contributed by atoms with Crippen LogP contribution in [-0.2, 0) is 13.0 Å². The molecule has 0 amide bonds. The van der Waals surface area contributed by atoms with Gasteiger partial charge in [0.05, 0.1) is 17.5 Å². The van der Waals surface area contributed by atoms with Crippen molar-refractivity contribution in [3.05, 3.63) is 53.2 Å². The molecule has 0 fully saturated rings. The monoisotopic (exact) mass is 288 g/mol. The number of para-hydroxylation sites is 2. The number of Topliss-reactive ketones (excluding diaryl/α,β-unsaturated/α-hetero) is 1. The summed E-state index contributed by atoms with van der Waals surface area (Å²) in [5.74, 6) is 0.887. The fourth-order valence-corrected chi connectivity index (χ4v) is 2.45. The first-order valence-corrected chi connectivity index (χ1v) is 6.79. The van der Waals surface area contributed by atoms with E-state index in [1.807, 2.05) is 35.8 Å². The summed E-state index contributed by atoms with van der Waals surface area (Å²) >= 11 is 5.69. The maximum atomic E-state index is 12.2. The van der Waals surface area contributed by atoms with Crippen molar-refractivity contribution >= 4 is 28.4 Å². The number of halogens is 1. The number of hydrogen-bond donors (Lipinski definition) is 0. The highest BCUT2D eigenvalue weighted by molar-refractivity contribution is 6.29. The fraction of sp³-hybridized carbons (Fsp3) is 0.200. The molecule has 0 aliphatic heterocycles. The summed E-state index contributed by atoms with van der Waals surface area (Å²) in [6, 6.07) is 11.0. The van der Waals surface area contributed by atoms with Crippen molar-refractivity contribution in [3.63, 3.8) is 0 Å². The zero-order valence-electron chi connectivity index (χ0n) is 11.0. The smallest absolute Gasteiger partial charge is 0.205 e. The van der Waals surface area contributed by atoms with E-state index in [2.05, 4.69) is 4.98 Å². The van der Waals surface area contributed by atoms with Gasteiger partial charge in [0.1, 0.15) is 5.82 Å². The zero-order valence-corrected chi connectivity index (χ0v) is 11.7. The molecule has 3 aromatic rings. The lowest BCUT2D eigenvalue weighted by molar-refractivity contribution is 0.0963. The van der Waals surface area contributed by atoms with Gasteiger partial charge in [-0.25, -0.2) is 4.98 Å². The second-order valence-electron chi connectivity index (χ2n) is 4.46. The molecular formula is C15H13ClN2O2. The summed E-state index contributed by atoms with van der Waals surface area (Å²) < 4.78 is 7.18. The van der Waals surface area contributed by atoms with Crippen LogP contribution in [0.1, 0.15) is 23.3 Å². The first kappa shape index (κ1) is 12.9. The van der Waals surface area contributed by atoms with Gasteiger partial charge in [-0.15, -0.1) is 0 Å². The predicted molar refractivity (Wildman–Crippen MR) is 77.2 cm³/mol. The van der Waals surface area contributed by atoms with E-state index in [0.717, 1.165) is 23.4 Å². The third-order valence-electron chi connectivity index (χ3n) is 3.22. The molecule has 2 heterocycles. The Morgan fingerprint density at radius 3 is 2.80 bits per heavy atom. The van der Waals surface area contributed by atoms with Gasteiger partial charge in [-0.1, -0.05) is 12.1 Å². The van der Waals surface area contributed by atoms with Gasteiger partial charge in [0.2, 0.25) is 5.78 Å². The van der Waals surface area contributed by atoms with Crippen molar-refractivity contribution in [1.82, 2.24) is 9.55 Å². The van der Waals surface area contributed by atoms with Crippen LogP contribution in [0.4, 0.5) is 0 Å². The molecule has 0 atom stereocenters. The SMILES string of the molecule is CCn1c(CC(=O)c2ccc(Cl)o2)nc2ccccc21. The molecule has 0 unspecified atom stereocenters. The molecule has 20 heavy (non-hydrogen) atoms. The Hall–Kier alpha value is -2.07. The molecule has 2 aromatic heterocycles. The minimum absolute atomic E-state index is 0.123. The van der Waals surface area contributed by atoms with Crippen molar-refractivity contribution in [2.24, 2.45) is 0 Å². The highest BCUT2D eigenvalue weighted by Gasteiger charge is 2.16. The van der Waals surface area contributed by atoms with Gasteiger partial charge in [0.15, 0.2) is 11.0 Å². The molecule has 0 bridgehead atoms. The number of carbonyl (C=O) groups is 1. The average Bonchev–Trinajstić information content (AvgIpc) is 3.01. The molecule has 102 valence electrons. The Bertz CT molecular complexity index is 773. The van der Waals surface area contributed by atoms with E-state index >= 15 is 0 Å². The summed E-state index contributed by atoms with van der Waals surface area (Å²) in [6.45, 7) is 2.80. The van der Waals surface area contributed by atoms with E-state index in [-0.39, 0.29) is 23.2 Å². The van der Waals surface area contributed by atoms with Crippen molar-refractivity contribution in [3.8, 4) is 0 Å². The van der Waals surface area contributed by atoms with E-state index in [9.17, 15) is 4.79 Å². The van der Waals surface area contributed by atoms with Crippen molar-refractivity contribution in [2.45, 2.75) is 19.9 Å². The minimum atomic E-state index is -0.123. The lowest BCUT2D eigenvalue weighted by Crippen LogP contribution is -2.09. The molecule has 4 nitrogen and oxygen atoms in total. The molecule has 0 saturated heterocycles. The van der Waals surface area contributed by atoms with Crippen LogP contribution in [0.25, 0.3) is 11.0 Å². The third kappa shape index (κ3) is 2.23. The van der Waals surface area contributed by atoms with Crippen molar-refractivity contribution in [2.75, 3.05) is 0 Å². The number of benzene rings is 1. The van der Waals surface area contributed by atoms with E-state index < -0.39 is 0 Å². The molecule has 0 N–H and O–H groups in total. The maximum Gasteiger partial charge on any atom is 0.205 e. The normalized spacial score (nSPS) is 11.1. The fourth-order valence-electron chi connectivity index (χ4n) is 2.31. The molecule has 0 aliphatic rings. The van der Waals surface area contributed by atoms with Gasteiger partial charge < -0.3 is 8.98 Å². The lowest BCUT2D eigenvalue weighted by atomic mass is 10.2. The molecule has 3 rings (SSSR count). The van der Waals surface area contributed by atoms with Crippen LogP contribution in [0.2, 0.25) is 5.22 Å². The number of fused-ring (bicyclic) bond motifs is 1. The van der Waals surface area contributed by atoms with Gasteiger partial charge in [-0.3, -0.25) is 4.79 Å². The summed E-state index contributed by atoms with van der Waals surface area (Å²) in [7, 11) is 0. The Labute approximate surface area is 121 Å². The second kappa shape index (κ2) is 5.13. The van der Waals surface area contributed by atoms with Crippen LogP contribution in [-0.4, -0.2) is 15.3 Å². The Morgan fingerprint density at radius 1 is 1.30 bits per heavy atom. The summed E-state index contributed by atoms with van der Waals surface area (Å²) in [4.78, 5) is 16.7. The molecule has 0 saturated carbocycles. The zero-order chi connectivity index (χ0) is 14.1. The summed E-state index contributed by atoms with van der Waals surface area (Å²) in [5, 5.41) is 0.220. The van der Waals surface area contributed by atoms with Gasteiger partial charge in [-0.05, 0) is 42.8 Å². The quantitative estimate of drug-likeness (QED) is 0.687. The maximum absolute atomic E-state index is 12.2. The topological polar surface area (TPSA) is 48.0 Å². The third-order valence-corrected chi connectivity index (χ3v) is 3.42. The summed E-state index contributed by atoms with van der Waals surface area (Å²) in [6.07, 6.45) is 0.201.